The lowest BCUT2D eigenvalue weighted by Gasteiger charge is -2.36. The second-order valence-corrected chi connectivity index (χ2v) is 14.1. The molecule has 5 heterocycles. The lowest BCUT2D eigenvalue weighted by atomic mass is 10.2. The molecule has 2 amide bonds. The number of hydrogen-bond donors (Lipinski definition) is 2. The summed E-state index contributed by atoms with van der Waals surface area (Å²) in [7, 11) is 4.67. The molecule has 0 unspecified atom stereocenters. The number of carbonyl (C=O) groups is 2. The Bertz CT molecular complexity index is 1630. The van der Waals surface area contributed by atoms with Crippen molar-refractivity contribution in [3.8, 4) is 0 Å². The van der Waals surface area contributed by atoms with Crippen LogP contribution in [0, 0.1) is 10.1 Å². The normalized spacial score (nSPS) is 15.1. The minimum atomic E-state index is -0.526. The third-order valence-corrected chi connectivity index (χ3v) is 7.52. The van der Waals surface area contributed by atoms with Crippen molar-refractivity contribution < 1.29 is 29.1 Å². The number of aromatic nitrogens is 3. The Labute approximate surface area is 299 Å². The van der Waals surface area contributed by atoms with Gasteiger partial charge in [-0.15, -0.1) is 0 Å². The maximum Gasteiger partial charge on any atom is 0.410 e. The molecule has 16 heteroatoms. The first-order chi connectivity index (χ1) is 24.0. The summed E-state index contributed by atoms with van der Waals surface area (Å²) in [6.45, 7) is 16.2. The fourth-order valence-electron chi connectivity index (χ4n) is 5.12. The first-order valence-electron chi connectivity index (χ1n) is 16.8. The average Bonchev–Trinajstić information content (AvgIpc) is 3.55. The third kappa shape index (κ3) is 12.3. The van der Waals surface area contributed by atoms with Crippen molar-refractivity contribution in [2.75, 3.05) is 83.4 Å². The minimum absolute atomic E-state index is 0.0377. The summed E-state index contributed by atoms with van der Waals surface area (Å²) in [5, 5.41) is 18.2. The van der Waals surface area contributed by atoms with E-state index >= 15 is 0 Å². The average molecular weight is 712 g/mol. The summed E-state index contributed by atoms with van der Waals surface area (Å²) in [5.41, 5.74) is 1.30. The second kappa shape index (κ2) is 17.7. The molecule has 3 aromatic heterocycles. The van der Waals surface area contributed by atoms with Crippen molar-refractivity contribution in [1.29, 1.82) is 0 Å². The first kappa shape index (κ1) is 40.3. The molecule has 2 aliphatic rings. The van der Waals surface area contributed by atoms with Crippen LogP contribution in [0.1, 0.15) is 47.2 Å². The molecule has 0 aliphatic carbocycles. The molecule has 0 radical (unpaired) electrons. The summed E-state index contributed by atoms with van der Waals surface area (Å²) < 4.78 is 10.8. The molecule has 280 valence electrons. The van der Waals surface area contributed by atoms with Crippen LogP contribution in [0.25, 0.3) is 17.1 Å². The molecule has 0 saturated carbocycles. The monoisotopic (exact) mass is 711 g/mol. The van der Waals surface area contributed by atoms with Gasteiger partial charge in [-0.3, -0.25) is 10.1 Å². The van der Waals surface area contributed by atoms with Crippen molar-refractivity contribution in [3.63, 3.8) is 0 Å². The van der Waals surface area contributed by atoms with Crippen molar-refractivity contribution in [3.05, 3.63) is 58.5 Å². The topological polar surface area (TPSA) is 174 Å². The predicted octanol–water partition coefficient (Wildman–Crippen LogP) is 4.81. The summed E-state index contributed by atoms with van der Waals surface area (Å²) >= 11 is 0. The molecular weight excluding hydrogens is 658 g/mol. The molecule has 2 fully saturated rings. The van der Waals surface area contributed by atoms with Crippen molar-refractivity contribution in [1.82, 2.24) is 29.7 Å². The minimum Gasteiger partial charge on any atom is -0.444 e. The van der Waals surface area contributed by atoms with E-state index in [0.29, 0.717) is 50.8 Å². The Morgan fingerprint density at radius 3 is 1.73 bits per heavy atom. The Morgan fingerprint density at radius 2 is 1.27 bits per heavy atom. The fraction of sp³-hybridized carbons (Fsp3) is 0.543. The molecule has 3 aromatic rings. The third-order valence-electron chi connectivity index (χ3n) is 7.52. The van der Waals surface area contributed by atoms with Crippen LogP contribution in [0.5, 0.6) is 0 Å². The molecule has 0 bridgehead atoms. The van der Waals surface area contributed by atoms with Gasteiger partial charge in [-0.05, 0) is 71.9 Å². The van der Waals surface area contributed by atoms with E-state index in [4.69, 9.17) is 14.6 Å². The van der Waals surface area contributed by atoms with Gasteiger partial charge in [-0.25, -0.2) is 19.6 Å². The summed E-state index contributed by atoms with van der Waals surface area (Å²) in [5.74, 6) is 1.61. The summed E-state index contributed by atoms with van der Waals surface area (Å²) in [6.07, 6.45) is 4.68. The van der Waals surface area contributed by atoms with E-state index in [9.17, 15) is 19.7 Å². The van der Waals surface area contributed by atoms with Gasteiger partial charge in [-0.2, -0.15) is 0 Å². The van der Waals surface area contributed by atoms with Crippen LogP contribution in [0.4, 0.5) is 26.9 Å². The number of amides is 2. The number of H-pyrrole nitrogens is 1. The number of aliphatic hydroxyl groups excluding tert-OH is 1. The maximum atomic E-state index is 12.2. The molecular formula is C35H53N9O7. The molecule has 0 atom stereocenters. The van der Waals surface area contributed by atoms with Gasteiger partial charge in [0, 0.05) is 92.0 Å². The van der Waals surface area contributed by atoms with E-state index in [-0.39, 0.29) is 17.9 Å². The maximum absolute atomic E-state index is 12.2. The SMILES string of the molecule is CC(C)(C)OC(=O)N1CCN(c2ccc3[nH]ccc3n2)CC1.CN(C)/C=C/c1nc(N2CCN(C(=O)OC(C)(C)C)CC2)ccc1[N+](=O)[O-].CO. The van der Waals surface area contributed by atoms with Crippen LogP contribution >= 0.6 is 0 Å². The molecule has 0 spiro atoms. The molecule has 5 rings (SSSR count). The van der Waals surface area contributed by atoms with Gasteiger partial charge in [0.2, 0.25) is 0 Å². The van der Waals surface area contributed by atoms with Gasteiger partial charge in [0.15, 0.2) is 0 Å². The molecule has 2 aliphatic heterocycles. The molecule has 51 heavy (non-hydrogen) atoms. The zero-order valence-electron chi connectivity index (χ0n) is 31.3. The van der Waals surface area contributed by atoms with Gasteiger partial charge in [0.1, 0.15) is 28.5 Å². The Kier molecular flexibility index (Phi) is 14.0. The Balaban J connectivity index is 0.000000267. The predicted molar refractivity (Wildman–Crippen MR) is 198 cm³/mol. The van der Waals surface area contributed by atoms with Crippen LogP contribution in [0.3, 0.4) is 0 Å². The van der Waals surface area contributed by atoms with Crippen LogP contribution < -0.4 is 9.80 Å². The standard InChI is InChI=1S/C18H27N5O4.C16H22N4O2.CH4O/c1-18(2,3)27-17(24)22-12-10-21(11-13-22)16-7-6-15(23(25)26)14(19-16)8-9-20(4)5;1-16(2,3)22-15(21)20-10-8-19(9-11-20)14-5-4-12-13(18-14)6-7-17-12;1-2/h6-9H,10-13H2,1-5H3;4-7,17H,8-11H2,1-3H3;2H,1H3/b9-8+;;. The van der Waals surface area contributed by atoms with E-state index in [0.717, 1.165) is 37.1 Å². The van der Waals surface area contributed by atoms with E-state index < -0.39 is 16.1 Å². The molecule has 2 N–H and O–H groups in total. The lowest BCUT2D eigenvalue weighted by molar-refractivity contribution is -0.385. The first-order valence-corrected chi connectivity index (χ1v) is 16.8. The largest absolute Gasteiger partial charge is 0.444 e. The van der Waals surface area contributed by atoms with E-state index in [1.807, 2.05) is 84.9 Å². The van der Waals surface area contributed by atoms with Crippen molar-refractivity contribution >= 4 is 46.6 Å². The van der Waals surface area contributed by atoms with Crippen LogP contribution in [0.15, 0.2) is 42.7 Å². The van der Waals surface area contributed by atoms with Crippen molar-refractivity contribution in [2.45, 2.75) is 52.7 Å². The molecule has 16 nitrogen and oxygen atoms in total. The fourth-order valence-corrected chi connectivity index (χ4v) is 5.12. The number of pyridine rings is 2. The van der Waals surface area contributed by atoms with E-state index in [2.05, 4.69) is 19.9 Å². The van der Waals surface area contributed by atoms with E-state index in [1.165, 1.54) is 6.07 Å². The number of anilines is 2. The number of carbonyl (C=O) groups excluding carboxylic acids is 2. The number of nitrogens with zero attached hydrogens (tertiary/aromatic N) is 8. The highest BCUT2D eigenvalue weighted by molar-refractivity contribution is 5.77. The quantitative estimate of drug-likeness (QED) is 0.274. The van der Waals surface area contributed by atoms with Gasteiger partial charge in [0.05, 0.1) is 16.0 Å². The number of ether oxygens (including phenoxy) is 2. The van der Waals surface area contributed by atoms with Gasteiger partial charge >= 0.3 is 12.2 Å². The number of aromatic amines is 1. The highest BCUT2D eigenvalue weighted by Crippen LogP contribution is 2.24. The summed E-state index contributed by atoms with van der Waals surface area (Å²) in [6, 6.07) is 9.14. The van der Waals surface area contributed by atoms with Gasteiger partial charge < -0.3 is 44.1 Å². The van der Waals surface area contributed by atoms with Crippen LogP contribution in [-0.2, 0) is 9.47 Å². The summed E-state index contributed by atoms with van der Waals surface area (Å²) in [4.78, 5) is 56.7. The number of hydrogen-bond acceptors (Lipinski definition) is 12. The Morgan fingerprint density at radius 1 is 0.804 bits per heavy atom. The lowest BCUT2D eigenvalue weighted by Crippen LogP contribution is -2.50. The Hall–Kier alpha value is -5.12. The highest BCUT2D eigenvalue weighted by Gasteiger charge is 2.28. The van der Waals surface area contributed by atoms with Gasteiger partial charge in [-0.1, -0.05) is 0 Å². The van der Waals surface area contributed by atoms with E-state index in [1.54, 1.807) is 33.0 Å². The number of aliphatic hydroxyl groups is 1. The van der Waals surface area contributed by atoms with Gasteiger partial charge in [0.25, 0.3) is 5.69 Å². The number of nitrogens with one attached hydrogen (secondary N) is 1. The number of piperazine rings is 2. The highest BCUT2D eigenvalue weighted by atomic mass is 16.6. The van der Waals surface area contributed by atoms with Crippen LogP contribution in [0.2, 0.25) is 0 Å². The second-order valence-electron chi connectivity index (χ2n) is 14.1. The van der Waals surface area contributed by atoms with Crippen LogP contribution in [-0.4, -0.2) is 137 Å². The number of rotatable bonds is 5. The molecule has 0 aromatic carbocycles. The zero-order valence-corrected chi connectivity index (χ0v) is 31.3. The number of nitro groups is 1. The zero-order chi connectivity index (χ0) is 37.9. The van der Waals surface area contributed by atoms with Crippen molar-refractivity contribution in [2.24, 2.45) is 0 Å². The number of fused-ring (bicyclic) bond motifs is 1. The smallest absolute Gasteiger partial charge is 0.410 e. The molecule has 2 saturated heterocycles.